The van der Waals surface area contributed by atoms with Gasteiger partial charge in [0.1, 0.15) is 5.00 Å². The molecule has 1 heterocycles. The number of nitrogens with one attached hydrogen (secondary N) is 1. The molecule has 0 bridgehead atoms. The number of rotatable bonds is 7. The molecule has 0 aliphatic carbocycles. The van der Waals surface area contributed by atoms with Crippen molar-refractivity contribution in [2.45, 2.75) is 53.4 Å². The molecule has 112 valence electrons. The lowest BCUT2D eigenvalue weighted by atomic mass is 10.1. The fraction of sp³-hybridized carbons (Fsp3) is 0.600. The van der Waals surface area contributed by atoms with Crippen LogP contribution in [0.4, 0.5) is 5.00 Å². The van der Waals surface area contributed by atoms with Gasteiger partial charge in [0.2, 0.25) is 5.91 Å². The molecule has 0 fully saturated rings. The van der Waals surface area contributed by atoms with E-state index in [0.717, 1.165) is 29.7 Å². The Hall–Kier alpha value is -1.36. The molecule has 1 aromatic rings. The number of thiophene rings is 1. The van der Waals surface area contributed by atoms with Crippen molar-refractivity contribution in [3.05, 3.63) is 16.0 Å². The van der Waals surface area contributed by atoms with E-state index in [4.69, 9.17) is 4.74 Å². The van der Waals surface area contributed by atoms with Crippen LogP contribution in [0.15, 0.2) is 0 Å². The van der Waals surface area contributed by atoms with Gasteiger partial charge in [-0.1, -0.05) is 20.3 Å². The normalized spacial score (nSPS) is 10.4. The Labute approximate surface area is 124 Å². The number of anilines is 1. The van der Waals surface area contributed by atoms with Gasteiger partial charge in [-0.25, -0.2) is 4.79 Å². The standard InChI is InChI=1S/C15H23NO3S/c1-5-8-9-12(17)16-14-13(15(18)19-7-3)11(6-2)10(4)20-14/h5-9H2,1-4H3,(H,16,17). The summed E-state index contributed by atoms with van der Waals surface area (Å²) in [6, 6.07) is 0. The van der Waals surface area contributed by atoms with E-state index in [0.29, 0.717) is 23.6 Å². The summed E-state index contributed by atoms with van der Waals surface area (Å²) >= 11 is 1.45. The van der Waals surface area contributed by atoms with Crippen molar-refractivity contribution in [2.75, 3.05) is 11.9 Å². The van der Waals surface area contributed by atoms with Crippen molar-refractivity contribution < 1.29 is 14.3 Å². The lowest BCUT2D eigenvalue weighted by Crippen LogP contribution is -2.14. The number of unbranched alkanes of at least 4 members (excludes halogenated alkanes) is 1. The maximum Gasteiger partial charge on any atom is 0.341 e. The smallest absolute Gasteiger partial charge is 0.341 e. The van der Waals surface area contributed by atoms with Crippen LogP contribution in [-0.4, -0.2) is 18.5 Å². The molecule has 4 nitrogen and oxygen atoms in total. The van der Waals surface area contributed by atoms with Gasteiger partial charge >= 0.3 is 5.97 Å². The molecular formula is C15H23NO3S. The average Bonchev–Trinajstić information content (AvgIpc) is 2.72. The summed E-state index contributed by atoms with van der Waals surface area (Å²) in [5, 5.41) is 3.48. The van der Waals surface area contributed by atoms with E-state index in [-0.39, 0.29) is 11.9 Å². The zero-order chi connectivity index (χ0) is 15.1. The van der Waals surface area contributed by atoms with E-state index in [1.54, 1.807) is 6.92 Å². The molecule has 0 saturated carbocycles. The van der Waals surface area contributed by atoms with Crippen molar-refractivity contribution in [2.24, 2.45) is 0 Å². The SMILES string of the molecule is CCCCC(=O)Nc1sc(C)c(CC)c1C(=O)OCC. The Morgan fingerprint density at radius 3 is 2.50 bits per heavy atom. The minimum atomic E-state index is -0.348. The minimum absolute atomic E-state index is 0.0405. The predicted octanol–water partition coefficient (Wildman–Crippen LogP) is 3.92. The number of hydrogen-bond donors (Lipinski definition) is 1. The first-order valence-electron chi connectivity index (χ1n) is 7.14. The van der Waals surface area contributed by atoms with Crippen molar-refractivity contribution in [3.63, 3.8) is 0 Å². The minimum Gasteiger partial charge on any atom is -0.462 e. The third kappa shape index (κ3) is 4.07. The Morgan fingerprint density at radius 1 is 1.25 bits per heavy atom. The first-order chi connectivity index (χ1) is 9.54. The molecule has 0 saturated heterocycles. The molecule has 5 heteroatoms. The van der Waals surface area contributed by atoms with Gasteiger partial charge in [-0.15, -0.1) is 11.3 Å². The highest BCUT2D eigenvalue weighted by Crippen LogP contribution is 2.34. The van der Waals surface area contributed by atoms with Gasteiger partial charge in [0.05, 0.1) is 12.2 Å². The predicted molar refractivity (Wildman–Crippen MR) is 82.5 cm³/mol. The molecule has 0 atom stereocenters. The van der Waals surface area contributed by atoms with Gasteiger partial charge in [-0.2, -0.15) is 0 Å². The molecule has 20 heavy (non-hydrogen) atoms. The second-order valence-electron chi connectivity index (χ2n) is 4.57. The van der Waals surface area contributed by atoms with Crippen LogP contribution in [0.2, 0.25) is 0 Å². The molecule has 0 spiro atoms. The van der Waals surface area contributed by atoms with Gasteiger partial charge in [0.25, 0.3) is 0 Å². The number of carbonyl (C=O) groups excluding carboxylic acids is 2. The number of aryl methyl sites for hydroxylation is 1. The molecule has 0 aromatic carbocycles. The zero-order valence-corrected chi connectivity index (χ0v) is 13.5. The van der Waals surface area contributed by atoms with Crippen molar-refractivity contribution in [1.29, 1.82) is 0 Å². The monoisotopic (exact) mass is 297 g/mol. The van der Waals surface area contributed by atoms with Gasteiger partial charge in [-0.05, 0) is 32.3 Å². The second-order valence-corrected chi connectivity index (χ2v) is 5.79. The van der Waals surface area contributed by atoms with Gasteiger partial charge in [0, 0.05) is 11.3 Å². The van der Waals surface area contributed by atoms with E-state index >= 15 is 0 Å². The van der Waals surface area contributed by atoms with Gasteiger partial charge < -0.3 is 10.1 Å². The van der Waals surface area contributed by atoms with E-state index in [9.17, 15) is 9.59 Å². The van der Waals surface area contributed by atoms with E-state index in [1.807, 2.05) is 20.8 Å². The number of ether oxygens (including phenoxy) is 1. The molecule has 1 N–H and O–H groups in total. The maximum absolute atomic E-state index is 12.1. The summed E-state index contributed by atoms with van der Waals surface area (Å²) < 4.78 is 5.10. The third-order valence-corrected chi connectivity index (χ3v) is 4.12. The van der Waals surface area contributed by atoms with Crippen molar-refractivity contribution in [3.8, 4) is 0 Å². The van der Waals surface area contributed by atoms with E-state index < -0.39 is 0 Å². The molecule has 1 rings (SSSR count). The molecule has 0 aliphatic rings. The second kappa shape index (κ2) is 8.04. The highest BCUT2D eigenvalue weighted by molar-refractivity contribution is 7.16. The Morgan fingerprint density at radius 2 is 1.95 bits per heavy atom. The van der Waals surface area contributed by atoms with Crippen LogP contribution in [0.3, 0.4) is 0 Å². The fourth-order valence-corrected chi connectivity index (χ4v) is 3.19. The van der Waals surface area contributed by atoms with E-state index in [1.165, 1.54) is 11.3 Å². The van der Waals surface area contributed by atoms with Crippen LogP contribution < -0.4 is 5.32 Å². The number of carbonyl (C=O) groups is 2. The molecule has 1 amide bonds. The van der Waals surface area contributed by atoms with Crippen LogP contribution in [0.25, 0.3) is 0 Å². The summed E-state index contributed by atoms with van der Waals surface area (Å²) in [5.74, 6) is -0.388. The first kappa shape index (κ1) is 16.7. The molecule has 0 radical (unpaired) electrons. The Bertz CT molecular complexity index is 480. The van der Waals surface area contributed by atoms with Crippen LogP contribution in [0, 0.1) is 6.92 Å². The number of amides is 1. The Balaban J connectivity index is 3.00. The summed E-state index contributed by atoms with van der Waals surface area (Å²) in [5.41, 5.74) is 1.50. The summed E-state index contributed by atoms with van der Waals surface area (Å²) in [6.07, 6.45) is 3.06. The molecule has 0 unspecified atom stereocenters. The van der Waals surface area contributed by atoms with Crippen LogP contribution in [0.5, 0.6) is 0 Å². The summed E-state index contributed by atoms with van der Waals surface area (Å²) in [7, 11) is 0. The molecule has 1 aromatic heterocycles. The van der Waals surface area contributed by atoms with E-state index in [2.05, 4.69) is 5.32 Å². The first-order valence-corrected chi connectivity index (χ1v) is 7.95. The summed E-state index contributed by atoms with van der Waals surface area (Å²) in [4.78, 5) is 25.0. The highest BCUT2D eigenvalue weighted by atomic mass is 32.1. The maximum atomic E-state index is 12.1. The van der Waals surface area contributed by atoms with Crippen molar-refractivity contribution in [1.82, 2.24) is 0 Å². The van der Waals surface area contributed by atoms with Crippen LogP contribution >= 0.6 is 11.3 Å². The average molecular weight is 297 g/mol. The van der Waals surface area contributed by atoms with Crippen molar-refractivity contribution >= 4 is 28.2 Å². The lowest BCUT2D eigenvalue weighted by molar-refractivity contribution is -0.116. The number of hydrogen-bond acceptors (Lipinski definition) is 4. The Kier molecular flexibility index (Phi) is 6.71. The largest absolute Gasteiger partial charge is 0.462 e. The zero-order valence-electron chi connectivity index (χ0n) is 12.7. The molecule has 0 aliphatic heterocycles. The topological polar surface area (TPSA) is 55.4 Å². The molecular weight excluding hydrogens is 274 g/mol. The quantitative estimate of drug-likeness (QED) is 0.776. The third-order valence-electron chi connectivity index (χ3n) is 3.05. The summed E-state index contributed by atoms with van der Waals surface area (Å²) in [6.45, 7) is 8.12. The lowest BCUT2D eigenvalue weighted by Gasteiger charge is -2.07. The van der Waals surface area contributed by atoms with Crippen LogP contribution in [0.1, 0.15) is 60.8 Å². The number of esters is 1. The van der Waals surface area contributed by atoms with Crippen LogP contribution in [-0.2, 0) is 16.0 Å². The van der Waals surface area contributed by atoms with Gasteiger partial charge in [0.15, 0.2) is 0 Å². The highest BCUT2D eigenvalue weighted by Gasteiger charge is 2.23. The fourth-order valence-electron chi connectivity index (χ4n) is 2.04. The van der Waals surface area contributed by atoms with Gasteiger partial charge in [-0.3, -0.25) is 4.79 Å².